The van der Waals surface area contributed by atoms with Gasteiger partial charge in [-0.05, 0) is 32.4 Å². The number of H-pyrrole nitrogens is 1. The van der Waals surface area contributed by atoms with E-state index < -0.39 is 34.9 Å². The number of carbonyl (C=O) groups is 4. The Bertz CT molecular complexity index is 953. The molecule has 0 aliphatic heterocycles. The lowest BCUT2D eigenvalue weighted by Gasteiger charge is -2.23. The molecule has 0 radical (unpaired) electrons. The van der Waals surface area contributed by atoms with Crippen molar-refractivity contribution in [2.45, 2.75) is 38.8 Å². The fraction of sp³-hybridized carbons (Fsp3) is 0.400. The Hall–Kier alpha value is -3.21. The van der Waals surface area contributed by atoms with Crippen molar-refractivity contribution in [2.24, 2.45) is 0 Å². The molecule has 2 rings (SSSR count). The molecule has 168 valence electrons. The van der Waals surface area contributed by atoms with Crippen molar-refractivity contribution in [2.75, 3.05) is 12.9 Å². The summed E-state index contributed by atoms with van der Waals surface area (Å²) in [5, 5.41) is 2.80. The number of ether oxygens (including phenoxy) is 2. The van der Waals surface area contributed by atoms with Crippen LogP contribution in [-0.2, 0) is 25.5 Å². The van der Waals surface area contributed by atoms with Crippen LogP contribution in [0.5, 0.6) is 0 Å². The quantitative estimate of drug-likeness (QED) is 0.391. The summed E-state index contributed by atoms with van der Waals surface area (Å²) in [4.78, 5) is 51.0. The normalized spacial score (nSPS) is 12.0. The number of carbonyl (C=O) groups excluding carboxylic acids is 4. The average molecular weight is 451 g/mol. The van der Waals surface area contributed by atoms with E-state index in [1.165, 1.54) is 7.11 Å². The minimum Gasteiger partial charge on any atom is -0.468 e. The molecule has 0 fully saturated rings. The zero-order valence-electron chi connectivity index (χ0n) is 17.7. The number of hydrazine groups is 1. The molecule has 1 aromatic carbocycles. The number of aromatic nitrogens is 1. The van der Waals surface area contributed by atoms with Gasteiger partial charge in [0.1, 0.15) is 17.4 Å². The van der Waals surface area contributed by atoms with Gasteiger partial charge in [-0.1, -0.05) is 30.0 Å². The molecular formula is C20H26N4O6S. The van der Waals surface area contributed by atoms with Gasteiger partial charge in [0.2, 0.25) is 0 Å². The second-order valence-electron chi connectivity index (χ2n) is 7.53. The molecule has 10 nitrogen and oxygen atoms in total. The monoisotopic (exact) mass is 450 g/mol. The van der Waals surface area contributed by atoms with Gasteiger partial charge in [-0.25, -0.2) is 4.79 Å². The lowest BCUT2D eigenvalue weighted by molar-refractivity contribution is -0.137. The first-order valence-corrected chi connectivity index (χ1v) is 10.4. The number of aromatic amines is 1. The summed E-state index contributed by atoms with van der Waals surface area (Å²) < 4.78 is 9.70. The van der Waals surface area contributed by atoms with Gasteiger partial charge in [0.25, 0.3) is 11.1 Å². The standard InChI is InChI=1S/C20H26N4O6S/c1-20(2,3)30-18(27)22-15(9-12-10-21-14-8-6-5-7-13(12)14)17(26)23-24-19(28)31-11-16(25)29-4/h5-8,10,15,21H,9,11H2,1-4H3,(H,22,27)(H,23,26)(H,24,28)/t15-/m1/s1. The van der Waals surface area contributed by atoms with Crippen LogP contribution in [0.15, 0.2) is 30.5 Å². The maximum Gasteiger partial charge on any atom is 0.408 e. The van der Waals surface area contributed by atoms with Crippen molar-refractivity contribution in [1.29, 1.82) is 0 Å². The number of hydrogen-bond donors (Lipinski definition) is 4. The summed E-state index contributed by atoms with van der Waals surface area (Å²) in [5.74, 6) is -1.42. The zero-order valence-corrected chi connectivity index (χ0v) is 18.6. The number of benzene rings is 1. The maximum absolute atomic E-state index is 12.7. The largest absolute Gasteiger partial charge is 0.468 e. The first-order chi connectivity index (χ1) is 14.6. The van der Waals surface area contributed by atoms with Gasteiger partial charge in [-0.3, -0.25) is 25.2 Å². The van der Waals surface area contributed by atoms with Crippen molar-refractivity contribution in [3.8, 4) is 0 Å². The van der Waals surface area contributed by atoms with Crippen LogP contribution in [0.25, 0.3) is 10.9 Å². The van der Waals surface area contributed by atoms with Gasteiger partial charge in [0, 0.05) is 23.5 Å². The van der Waals surface area contributed by atoms with Crippen molar-refractivity contribution in [3.05, 3.63) is 36.0 Å². The van der Waals surface area contributed by atoms with E-state index in [0.29, 0.717) is 11.8 Å². The summed E-state index contributed by atoms with van der Waals surface area (Å²) in [6.07, 6.45) is 1.14. The fourth-order valence-electron chi connectivity index (χ4n) is 2.60. The number of methoxy groups -OCH3 is 1. The molecular weight excluding hydrogens is 424 g/mol. The molecule has 31 heavy (non-hydrogen) atoms. The lowest BCUT2D eigenvalue weighted by atomic mass is 10.0. The summed E-state index contributed by atoms with van der Waals surface area (Å²) in [6, 6.07) is 6.52. The molecule has 1 heterocycles. The van der Waals surface area contributed by atoms with E-state index in [4.69, 9.17) is 4.74 Å². The number of thioether (sulfide) groups is 1. The van der Waals surface area contributed by atoms with E-state index in [-0.39, 0.29) is 12.2 Å². The van der Waals surface area contributed by atoms with Crippen molar-refractivity contribution in [3.63, 3.8) is 0 Å². The smallest absolute Gasteiger partial charge is 0.408 e. The molecule has 0 spiro atoms. The number of rotatable bonds is 6. The molecule has 2 aromatic rings. The highest BCUT2D eigenvalue weighted by atomic mass is 32.2. The Kier molecular flexibility index (Phi) is 8.31. The third kappa shape index (κ3) is 7.85. The number of fused-ring (bicyclic) bond motifs is 1. The van der Waals surface area contributed by atoms with Gasteiger partial charge in [0.15, 0.2) is 0 Å². The van der Waals surface area contributed by atoms with E-state index in [1.54, 1.807) is 27.0 Å². The number of amides is 3. The first-order valence-electron chi connectivity index (χ1n) is 9.43. The minimum atomic E-state index is -1.03. The predicted octanol–water partition coefficient (Wildman–Crippen LogP) is 2.25. The van der Waals surface area contributed by atoms with Crippen LogP contribution in [0.4, 0.5) is 9.59 Å². The molecule has 0 saturated heterocycles. The van der Waals surface area contributed by atoms with Crippen LogP contribution >= 0.6 is 11.8 Å². The van der Waals surface area contributed by atoms with E-state index >= 15 is 0 Å². The Labute approximate surface area is 183 Å². The molecule has 0 unspecified atom stereocenters. The summed E-state index contributed by atoms with van der Waals surface area (Å²) in [7, 11) is 1.21. The van der Waals surface area contributed by atoms with Crippen LogP contribution in [0.2, 0.25) is 0 Å². The molecule has 1 atom stereocenters. The second-order valence-corrected chi connectivity index (χ2v) is 8.48. The molecule has 4 N–H and O–H groups in total. The van der Waals surface area contributed by atoms with E-state index in [9.17, 15) is 19.2 Å². The van der Waals surface area contributed by atoms with Crippen LogP contribution < -0.4 is 16.2 Å². The van der Waals surface area contributed by atoms with Gasteiger partial charge in [-0.15, -0.1) is 0 Å². The number of alkyl carbamates (subject to hydrolysis) is 1. The Morgan fingerprint density at radius 2 is 1.84 bits per heavy atom. The summed E-state index contributed by atoms with van der Waals surface area (Å²) in [5.41, 5.74) is 5.41. The average Bonchev–Trinajstić information content (AvgIpc) is 3.11. The van der Waals surface area contributed by atoms with Crippen LogP contribution in [0.1, 0.15) is 26.3 Å². The van der Waals surface area contributed by atoms with Gasteiger partial charge in [0.05, 0.1) is 7.11 Å². The molecule has 0 saturated carbocycles. The fourth-order valence-corrected chi connectivity index (χ4v) is 3.09. The minimum absolute atomic E-state index is 0.153. The van der Waals surface area contributed by atoms with E-state index in [2.05, 4.69) is 25.9 Å². The number of nitrogens with one attached hydrogen (secondary N) is 4. The number of esters is 1. The molecule has 11 heteroatoms. The number of para-hydroxylation sites is 1. The van der Waals surface area contributed by atoms with Gasteiger partial charge >= 0.3 is 12.1 Å². The second kappa shape index (κ2) is 10.7. The third-order valence-electron chi connectivity index (χ3n) is 3.94. The summed E-state index contributed by atoms with van der Waals surface area (Å²) >= 11 is 0.635. The topological polar surface area (TPSA) is 139 Å². The van der Waals surface area contributed by atoms with Crippen LogP contribution in [0, 0.1) is 0 Å². The molecule has 1 aromatic heterocycles. The van der Waals surface area contributed by atoms with E-state index in [1.807, 2.05) is 24.3 Å². The highest BCUT2D eigenvalue weighted by molar-refractivity contribution is 8.14. The Morgan fingerprint density at radius 1 is 1.13 bits per heavy atom. The first kappa shape index (κ1) is 24.1. The Balaban J connectivity index is 2.07. The van der Waals surface area contributed by atoms with Crippen molar-refractivity contribution >= 4 is 45.9 Å². The summed E-state index contributed by atoms with van der Waals surface area (Å²) in [6.45, 7) is 5.13. The molecule has 0 aliphatic rings. The molecule has 0 bridgehead atoms. The van der Waals surface area contributed by atoms with Crippen LogP contribution in [0.3, 0.4) is 0 Å². The van der Waals surface area contributed by atoms with Gasteiger partial charge < -0.3 is 19.8 Å². The molecule has 3 amide bonds. The highest BCUT2D eigenvalue weighted by Gasteiger charge is 2.26. The third-order valence-corrected chi connectivity index (χ3v) is 4.69. The zero-order chi connectivity index (χ0) is 23.0. The van der Waals surface area contributed by atoms with Crippen LogP contribution in [-0.4, -0.2) is 52.7 Å². The SMILES string of the molecule is COC(=O)CSC(=O)NNC(=O)[C@@H](Cc1c[nH]c2ccccc12)NC(=O)OC(C)(C)C. The van der Waals surface area contributed by atoms with Crippen molar-refractivity contribution < 1.29 is 28.7 Å². The van der Waals surface area contributed by atoms with E-state index in [0.717, 1.165) is 16.5 Å². The van der Waals surface area contributed by atoms with Gasteiger partial charge in [-0.2, -0.15) is 0 Å². The highest BCUT2D eigenvalue weighted by Crippen LogP contribution is 2.19. The lowest BCUT2D eigenvalue weighted by Crippen LogP contribution is -2.53. The molecule has 0 aliphatic carbocycles. The maximum atomic E-state index is 12.7. The number of hydrogen-bond acceptors (Lipinski definition) is 7. The van der Waals surface area contributed by atoms with Crippen molar-refractivity contribution in [1.82, 2.24) is 21.2 Å². The Morgan fingerprint density at radius 3 is 2.52 bits per heavy atom. The predicted molar refractivity (Wildman–Crippen MR) is 116 cm³/mol.